The molecule has 0 spiro atoms. The lowest BCUT2D eigenvalue weighted by Crippen LogP contribution is -2.19. The van der Waals surface area contributed by atoms with Crippen molar-refractivity contribution in [1.29, 1.82) is 0 Å². The molecule has 102 valence electrons. The second-order valence-corrected chi connectivity index (χ2v) is 5.25. The van der Waals surface area contributed by atoms with Crippen molar-refractivity contribution in [2.24, 2.45) is 0 Å². The molecule has 1 aliphatic heterocycles. The minimum absolute atomic E-state index is 0.105. The molecule has 0 amide bonds. The summed E-state index contributed by atoms with van der Waals surface area (Å²) in [6, 6.07) is 16.0. The molecule has 0 fully saturated rings. The number of benzene rings is 2. The van der Waals surface area contributed by atoms with Crippen LogP contribution in [0, 0.1) is 6.92 Å². The summed E-state index contributed by atoms with van der Waals surface area (Å²) < 4.78 is 5.82. The van der Waals surface area contributed by atoms with Gasteiger partial charge >= 0.3 is 0 Å². The van der Waals surface area contributed by atoms with Crippen LogP contribution >= 0.6 is 0 Å². The number of carbonyl (C=O) groups is 1. The molecular formula is C18H18O2. The van der Waals surface area contributed by atoms with Crippen molar-refractivity contribution in [1.82, 2.24) is 0 Å². The normalized spacial score (nSPS) is 17.6. The highest BCUT2D eigenvalue weighted by molar-refractivity contribution is 5.97. The van der Waals surface area contributed by atoms with Gasteiger partial charge in [-0.05, 0) is 30.0 Å². The summed E-state index contributed by atoms with van der Waals surface area (Å²) in [4.78, 5) is 12.5. The predicted molar refractivity (Wildman–Crippen MR) is 79.0 cm³/mol. The van der Waals surface area contributed by atoms with E-state index in [1.165, 1.54) is 11.1 Å². The van der Waals surface area contributed by atoms with Crippen LogP contribution in [0.2, 0.25) is 0 Å². The van der Waals surface area contributed by atoms with E-state index < -0.39 is 0 Å². The Hall–Kier alpha value is -1.93. The van der Waals surface area contributed by atoms with Crippen LogP contribution in [0.1, 0.15) is 39.6 Å². The van der Waals surface area contributed by atoms with Crippen LogP contribution in [-0.2, 0) is 11.2 Å². The van der Waals surface area contributed by atoms with Crippen LogP contribution in [0.5, 0.6) is 0 Å². The van der Waals surface area contributed by atoms with Crippen molar-refractivity contribution in [3.8, 4) is 0 Å². The van der Waals surface area contributed by atoms with E-state index in [0.717, 1.165) is 17.5 Å². The highest BCUT2D eigenvalue weighted by Gasteiger charge is 2.23. The molecule has 2 aromatic carbocycles. The Kier molecular flexibility index (Phi) is 3.66. The Morgan fingerprint density at radius 2 is 1.90 bits per heavy atom. The van der Waals surface area contributed by atoms with Gasteiger partial charge in [-0.15, -0.1) is 0 Å². The van der Waals surface area contributed by atoms with Crippen LogP contribution in [0.25, 0.3) is 0 Å². The summed E-state index contributed by atoms with van der Waals surface area (Å²) in [6.45, 7) is 2.67. The molecule has 0 radical (unpaired) electrons. The lowest BCUT2D eigenvalue weighted by molar-refractivity contribution is 0.0352. The van der Waals surface area contributed by atoms with Crippen molar-refractivity contribution in [3.05, 3.63) is 70.8 Å². The van der Waals surface area contributed by atoms with Gasteiger partial charge in [0.2, 0.25) is 0 Å². The van der Waals surface area contributed by atoms with E-state index in [4.69, 9.17) is 4.74 Å². The Labute approximate surface area is 119 Å². The van der Waals surface area contributed by atoms with Crippen LogP contribution in [0.3, 0.4) is 0 Å². The fourth-order valence-electron chi connectivity index (χ4n) is 2.81. The molecule has 20 heavy (non-hydrogen) atoms. The average Bonchev–Trinajstić information content (AvgIpc) is 2.48. The number of hydrogen-bond donors (Lipinski definition) is 0. The summed E-state index contributed by atoms with van der Waals surface area (Å²) >= 11 is 0. The SMILES string of the molecule is Cc1ccccc1C(=O)CC1OCCc2ccccc21. The molecular weight excluding hydrogens is 248 g/mol. The van der Waals surface area contributed by atoms with E-state index in [2.05, 4.69) is 12.1 Å². The summed E-state index contributed by atoms with van der Waals surface area (Å²) in [5.41, 5.74) is 4.31. The zero-order chi connectivity index (χ0) is 13.9. The Morgan fingerprint density at radius 3 is 2.75 bits per heavy atom. The average molecular weight is 266 g/mol. The van der Waals surface area contributed by atoms with Gasteiger partial charge in [0.25, 0.3) is 0 Å². The van der Waals surface area contributed by atoms with Crippen LogP contribution in [-0.4, -0.2) is 12.4 Å². The largest absolute Gasteiger partial charge is 0.373 e. The fourth-order valence-corrected chi connectivity index (χ4v) is 2.81. The fraction of sp³-hybridized carbons (Fsp3) is 0.278. The van der Waals surface area contributed by atoms with Gasteiger partial charge in [-0.25, -0.2) is 0 Å². The van der Waals surface area contributed by atoms with E-state index in [1.807, 2.05) is 43.3 Å². The minimum atomic E-state index is -0.105. The maximum Gasteiger partial charge on any atom is 0.166 e. The molecule has 0 saturated heterocycles. The molecule has 1 atom stereocenters. The van der Waals surface area contributed by atoms with Gasteiger partial charge in [0.05, 0.1) is 12.7 Å². The van der Waals surface area contributed by atoms with Gasteiger partial charge in [0.1, 0.15) is 0 Å². The van der Waals surface area contributed by atoms with E-state index in [1.54, 1.807) is 0 Å². The summed E-state index contributed by atoms with van der Waals surface area (Å²) in [6.07, 6.45) is 1.25. The highest BCUT2D eigenvalue weighted by atomic mass is 16.5. The highest BCUT2D eigenvalue weighted by Crippen LogP contribution is 2.30. The summed E-state index contributed by atoms with van der Waals surface area (Å²) in [5.74, 6) is 0.157. The van der Waals surface area contributed by atoms with E-state index in [0.29, 0.717) is 13.0 Å². The quantitative estimate of drug-likeness (QED) is 0.788. The van der Waals surface area contributed by atoms with Gasteiger partial charge in [-0.2, -0.15) is 0 Å². The van der Waals surface area contributed by atoms with Gasteiger partial charge in [0, 0.05) is 12.0 Å². The molecule has 1 aliphatic rings. The number of ether oxygens (including phenoxy) is 1. The molecule has 0 N–H and O–H groups in total. The number of ketones is 1. The van der Waals surface area contributed by atoms with Crippen molar-refractivity contribution in [2.75, 3.05) is 6.61 Å². The number of Topliss-reactive ketones (excluding diaryl/α,β-unsaturated/α-hetero) is 1. The first-order chi connectivity index (χ1) is 9.75. The van der Waals surface area contributed by atoms with Crippen molar-refractivity contribution < 1.29 is 9.53 Å². The maximum atomic E-state index is 12.5. The third-order valence-corrected chi connectivity index (χ3v) is 3.91. The third-order valence-electron chi connectivity index (χ3n) is 3.91. The molecule has 0 aromatic heterocycles. The first kappa shape index (κ1) is 13.1. The molecule has 3 rings (SSSR count). The lowest BCUT2D eigenvalue weighted by Gasteiger charge is -2.25. The maximum absolute atomic E-state index is 12.5. The molecule has 0 bridgehead atoms. The van der Waals surface area contributed by atoms with E-state index in [-0.39, 0.29) is 11.9 Å². The molecule has 0 aliphatic carbocycles. The predicted octanol–water partition coefficient (Wildman–Crippen LogP) is 3.88. The third kappa shape index (κ3) is 2.52. The number of carbonyl (C=O) groups excluding carboxylic acids is 1. The molecule has 0 saturated carbocycles. The van der Waals surface area contributed by atoms with Crippen LogP contribution < -0.4 is 0 Å². The molecule has 1 unspecified atom stereocenters. The second kappa shape index (κ2) is 5.59. The van der Waals surface area contributed by atoms with E-state index in [9.17, 15) is 4.79 Å². The van der Waals surface area contributed by atoms with Crippen molar-refractivity contribution >= 4 is 5.78 Å². The first-order valence-corrected chi connectivity index (χ1v) is 7.04. The second-order valence-electron chi connectivity index (χ2n) is 5.25. The number of hydrogen-bond acceptors (Lipinski definition) is 2. The van der Waals surface area contributed by atoms with Gasteiger partial charge in [-0.1, -0.05) is 48.5 Å². The summed E-state index contributed by atoms with van der Waals surface area (Å²) in [7, 11) is 0. The molecule has 2 aromatic rings. The minimum Gasteiger partial charge on any atom is -0.373 e. The lowest BCUT2D eigenvalue weighted by atomic mass is 9.92. The number of rotatable bonds is 3. The number of fused-ring (bicyclic) bond motifs is 1. The Bertz CT molecular complexity index is 631. The molecule has 2 nitrogen and oxygen atoms in total. The van der Waals surface area contributed by atoms with Gasteiger partial charge < -0.3 is 4.74 Å². The zero-order valence-corrected chi connectivity index (χ0v) is 11.6. The molecule has 2 heteroatoms. The van der Waals surface area contributed by atoms with E-state index >= 15 is 0 Å². The standard InChI is InChI=1S/C18H18O2/c1-13-6-2-4-8-15(13)17(19)12-18-16-9-5-3-7-14(16)10-11-20-18/h2-9,18H,10-12H2,1H3. The zero-order valence-electron chi connectivity index (χ0n) is 11.6. The van der Waals surface area contributed by atoms with Crippen LogP contribution in [0.15, 0.2) is 48.5 Å². The Morgan fingerprint density at radius 1 is 1.15 bits per heavy atom. The van der Waals surface area contributed by atoms with Crippen molar-refractivity contribution in [2.45, 2.75) is 25.9 Å². The Balaban J connectivity index is 1.83. The van der Waals surface area contributed by atoms with Gasteiger partial charge in [-0.3, -0.25) is 4.79 Å². The molecule has 1 heterocycles. The summed E-state index contributed by atoms with van der Waals surface area (Å²) in [5, 5.41) is 0. The smallest absolute Gasteiger partial charge is 0.166 e. The first-order valence-electron chi connectivity index (χ1n) is 7.04. The topological polar surface area (TPSA) is 26.3 Å². The number of aryl methyl sites for hydroxylation is 1. The van der Waals surface area contributed by atoms with Gasteiger partial charge in [0.15, 0.2) is 5.78 Å². The van der Waals surface area contributed by atoms with Crippen LogP contribution in [0.4, 0.5) is 0 Å². The monoisotopic (exact) mass is 266 g/mol. The van der Waals surface area contributed by atoms with Crippen molar-refractivity contribution in [3.63, 3.8) is 0 Å².